The number of anilines is 1. The lowest BCUT2D eigenvalue weighted by Crippen LogP contribution is -2.43. The van der Waals surface area contributed by atoms with Crippen LogP contribution >= 0.6 is 0 Å². The van der Waals surface area contributed by atoms with Crippen LogP contribution in [0.5, 0.6) is 0 Å². The van der Waals surface area contributed by atoms with Crippen molar-refractivity contribution in [1.82, 2.24) is 19.5 Å². The van der Waals surface area contributed by atoms with E-state index in [2.05, 4.69) is 14.9 Å². The van der Waals surface area contributed by atoms with Crippen molar-refractivity contribution in [2.75, 3.05) is 18.0 Å². The molecule has 1 aromatic heterocycles. The van der Waals surface area contributed by atoms with Crippen molar-refractivity contribution in [3.8, 4) is 0 Å². The summed E-state index contributed by atoms with van der Waals surface area (Å²) in [6, 6.07) is 1.49. The number of aromatic nitrogens is 3. The molecule has 0 radical (unpaired) electrons. The molecule has 11 heteroatoms. The molecule has 3 unspecified atom stereocenters. The Morgan fingerprint density at radius 2 is 2.00 bits per heavy atom. The lowest BCUT2D eigenvalue weighted by atomic mass is 10.0. The Balaban J connectivity index is 1.74. The summed E-state index contributed by atoms with van der Waals surface area (Å²) in [5, 5.41) is 7.30. The first-order chi connectivity index (χ1) is 12.0. The highest BCUT2D eigenvalue weighted by Crippen LogP contribution is 2.31. The zero-order valence-corrected chi connectivity index (χ0v) is 13.8. The molecule has 136 valence electrons. The van der Waals surface area contributed by atoms with Gasteiger partial charge in [0.1, 0.15) is 30.5 Å². The first kappa shape index (κ1) is 17.8. The molecule has 2 N–H and O–H groups in total. The minimum Gasteiger partial charge on any atom is -0.366 e. The molecule has 3 atom stereocenters. The maximum absolute atomic E-state index is 14.5. The van der Waals surface area contributed by atoms with Crippen molar-refractivity contribution < 1.29 is 21.9 Å². The number of rotatable bonds is 5. The first-order valence-electron chi connectivity index (χ1n) is 7.51. The lowest BCUT2D eigenvalue weighted by molar-refractivity contribution is 0.199. The minimum absolute atomic E-state index is 0.0313. The Labute approximate surface area is 144 Å². The number of hydrogen-bond acceptors (Lipinski definition) is 4. The molecular formula is C14H16F3N5O2S. The van der Waals surface area contributed by atoms with Crippen molar-refractivity contribution in [1.29, 1.82) is 0 Å². The molecule has 2 aromatic rings. The van der Waals surface area contributed by atoms with E-state index < -0.39 is 35.1 Å². The molecule has 0 saturated carbocycles. The lowest BCUT2D eigenvalue weighted by Gasteiger charge is -2.36. The highest BCUT2D eigenvalue weighted by atomic mass is 32.2. The molecule has 25 heavy (non-hydrogen) atoms. The molecule has 0 aliphatic carbocycles. The monoisotopic (exact) mass is 375 g/mol. The average Bonchev–Trinajstić information content (AvgIpc) is 3.09. The zero-order chi connectivity index (χ0) is 18.0. The van der Waals surface area contributed by atoms with Gasteiger partial charge in [-0.3, -0.25) is 4.55 Å². The van der Waals surface area contributed by atoms with Crippen molar-refractivity contribution in [2.45, 2.75) is 25.2 Å². The Kier molecular flexibility index (Phi) is 5.35. The van der Waals surface area contributed by atoms with Crippen molar-refractivity contribution >= 4 is 17.0 Å². The number of alkyl halides is 1. The SMILES string of the molecule is O=S(O)NCc1cc(F)c(N2CCC(n3cnnc3)C(F)C2)cc1F. The maximum atomic E-state index is 14.5. The number of hydrogen-bond donors (Lipinski definition) is 2. The molecule has 2 heterocycles. The van der Waals surface area contributed by atoms with Gasteiger partial charge in [0.15, 0.2) is 0 Å². The van der Waals surface area contributed by atoms with E-state index in [9.17, 15) is 17.4 Å². The Hall–Kier alpha value is -1.98. The second-order valence-electron chi connectivity index (χ2n) is 5.69. The molecule has 0 spiro atoms. The molecule has 1 aliphatic heterocycles. The van der Waals surface area contributed by atoms with Crippen LogP contribution in [-0.2, 0) is 17.8 Å². The maximum Gasteiger partial charge on any atom is 0.232 e. The van der Waals surface area contributed by atoms with Crippen molar-refractivity contribution in [3.63, 3.8) is 0 Å². The summed E-state index contributed by atoms with van der Waals surface area (Å²) in [6.45, 7) is -0.0388. The predicted octanol–water partition coefficient (Wildman–Crippen LogP) is 1.57. The summed E-state index contributed by atoms with van der Waals surface area (Å²) >= 11 is -2.33. The molecule has 1 fully saturated rings. The van der Waals surface area contributed by atoms with E-state index in [4.69, 9.17) is 4.55 Å². The van der Waals surface area contributed by atoms with E-state index in [0.29, 0.717) is 13.0 Å². The average molecular weight is 375 g/mol. The van der Waals surface area contributed by atoms with Gasteiger partial charge in [0.05, 0.1) is 18.3 Å². The first-order valence-corrected chi connectivity index (χ1v) is 8.61. The summed E-state index contributed by atoms with van der Waals surface area (Å²) in [7, 11) is 0. The third-order valence-corrected chi connectivity index (χ3v) is 4.56. The van der Waals surface area contributed by atoms with Gasteiger partial charge in [-0.05, 0) is 12.5 Å². The van der Waals surface area contributed by atoms with Gasteiger partial charge in [-0.25, -0.2) is 22.1 Å². The number of piperidine rings is 1. The Bertz CT molecular complexity index is 761. The summed E-state index contributed by atoms with van der Waals surface area (Å²) < 4.78 is 65.8. The van der Waals surface area contributed by atoms with Crippen molar-refractivity contribution in [3.05, 3.63) is 42.0 Å². The number of halogens is 3. The number of nitrogens with zero attached hydrogens (tertiary/aromatic N) is 4. The van der Waals surface area contributed by atoms with Gasteiger partial charge >= 0.3 is 0 Å². The van der Waals surface area contributed by atoms with E-state index in [0.717, 1.165) is 12.1 Å². The van der Waals surface area contributed by atoms with Gasteiger partial charge in [-0.1, -0.05) is 0 Å². The van der Waals surface area contributed by atoms with Gasteiger partial charge in [0.25, 0.3) is 0 Å². The van der Waals surface area contributed by atoms with Crippen LogP contribution in [0, 0.1) is 11.6 Å². The van der Waals surface area contributed by atoms with E-state index >= 15 is 0 Å². The highest BCUT2D eigenvalue weighted by molar-refractivity contribution is 7.77. The molecule has 1 aromatic carbocycles. The summed E-state index contributed by atoms with van der Waals surface area (Å²) in [6.07, 6.45) is 1.97. The second-order valence-corrected chi connectivity index (χ2v) is 6.48. The van der Waals surface area contributed by atoms with Crippen LogP contribution in [-0.4, -0.2) is 42.8 Å². The van der Waals surface area contributed by atoms with Crippen LogP contribution in [0.3, 0.4) is 0 Å². The predicted molar refractivity (Wildman–Crippen MR) is 84.8 cm³/mol. The fraction of sp³-hybridized carbons (Fsp3) is 0.429. The van der Waals surface area contributed by atoms with Crippen LogP contribution in [0.2, 0.25) is 0 Å². The van der Waals surface area contributed by atoms with E-state index in [1.165, 1.54) is 17.6 Å². The molecule has 1 saturated heterocycles. The third-order valence-electron chi connectivity index (χ3n) is 4.17. The fourth-order valence-electron chi connectivity index (χ4n) is 2.92. The topological polar surface area (TPSA) is 83.3 Å². The van der Waals surface area contributed by atoms with E-state index in [1.54, 1.807) is 4.57 Å². The largest absolute Gasteiger partial charge is 0.366 e. The molecule has 1 aliphatic rings. The summed E-state index contributed by atoms with van der Waals surface area (Å²) in [5.74, 6) is -1.44. The fourth-order valence-corrected chi connectivity index (χ4v) is 3.20. The van der Waals surface area contributed by atoms with Crippen LogP contribution in [0.25, 0.3) is 0 Å². The smallest absolute Gasteiger partial charge is 0.232 e. The van der Waals surface area contributed by atoms with Gasteiger partial charge in [-0.15, -0.1) is 10.2 Å². The van der Waals surface area contributed by atoms with Crippen LogP contribution in [0.15, 0.2) is 24.8 Å². The summed E-state index contributed by atoms with van der Waals surface area (Å²) in [5.41, 5.74) is -0.115. The Morgan fingerprint density at radius 3 is 2.64 bits per heavy atom. The number of nitrogens with one attached hydrogen (secondary N) is 1. The zero-order valence-electron chi connectivity index (χ0n) is 13.0. The molecule has 0 amide bonds. The molecule has 0 bridgehead atoms. The molecule has 7 nitrogen and oxygen atoms in total. The van der Waals surface area contributed by atoms with Gasteiger partial charge in [0.2, 0.25) is 11.3 Å². The molecular weight excluding hydrogens is 359 g/mol. The van der Waals surface area contributed by atoms with Crippen LogP contribution < -0.4 is 9.62 Å². The van der Waals surface area contributed by atoms with Gasteiger partial charge in [0, 0.05) is 24.7 Å². The molecule has 3 rings (SSSR count). The number of benzene rings is 1. The Morgan fingerprint density at radius 1 is 1.28 bits per heavy atom. The second kappa shape index (κ2) is 7.50. The normalized spacial score (nSPS) is 22.2. The van der Waals surface area contributed by atoms with Crippen LogP contribution in [0.4, 0.5) is 18.9 Å². The van der Waals surface area contributed by atoms with E-state index in [-0.39, 0.29) is 24.3 Å². The van der Waals surface area contributed by atoms with Gasteiger partial charge < -0.3 is 9.47 Å². The quantitative estimate of drug-likeness (QED) is 0.776. The van der Waals surface area contributed by atoms with E-state index in [1.807, 2.05) is 0 Å². The standard InChI is InChI=1S/C14H16F3N5O2S/c15-10-4-14(11(16)3-9(10)5-20-25(23)24)21-2-1-13(12(17)6-21)22-7-18-19-8-22/h3-4,7-8,12-13,20H,1-2,5-6H2,(H,23,24). The minimum atomic E-state index is -2.33. The summed E-state index contributed by atoms with van der Waals surface area (Å²) in [4.78, 5) is 1.45. The highest BCUT2D eigenvalue weighted by Gasteiger charge is 2.32. The van der Waals surface area contributed by atoms with Gasteiger partial charge in [-0.2, -0.15) is 0 Å². The third kappa shape index (κ3) is 3.99. The van der Waals surface area contributed by atoms with Crippen molar-refractivity contribution in [2.24, 2.45) is 0 Å². The van der Waals surface area contributed by atoms with Crippen LogP contribution in [0.1, 0.15) is 18.0 Å².